The molecule has 3 aromatic rings. The molecule has 4 rings (SSSR count). The van der Waals surface area contributed by atoms with E-state index in [1.54, 1.807) is 35.7 Å². The topological polar surface area (TPSA) is 56.1 Å². The van der Waals surface area contributed by atoms with Crippen molar-refractivity contribution < 1.29 is 13.9 Å². The first-order valence-corrected chi connectivity index (χ1v) is 10.8. The molecule has 0 aliphatic carbocycles. The van der Waals surface area contributed by atoms with E-state index in [-0.39, 0.29) is 17.5 Å². The summed E-state index contributed by atoms with van der Waals surface area (Å²) >= 11 is 3.15. The number of ether oxygens (including phenoxy) is 1. The zero-order valence-corrected chi connectivity index (χ0v) is 16.8. The van der Waals surface area contributed by atoms with E-state index >= 15 is 0 Å². The van der Waals surface area contributed by atoms with Gasteiger partial charge < -0.3 is 10.1 Å². The van der Waals surface area contributed by atoms with Crippen molar-refractivity contribution in [3.8, 4) is 11.4 Å². The molecule has 28 heavy (non-hydrogen) atoms. The SMILES string of the molecule is COc1ccc(-n2nc3c(c2NC(=O)CSc2ccc(F)cc2)CSC3)cc1. The van der Waals surface area contributed by atoms with E-state index in [2.05, 4.69) is 10.4 Å². The molecule has 2 aromatic carbocycles. The number of rotatable bonds is 6. The number of nitrogens with one attached hydrogen (secondary N) is 1. The second-order valence-corrected chi connectivity index (χ2v) is 8.20. The van der Waals surface area contributed by atoms with Crippen LogP contribution in [0.5, 0.6) is 5.75 Å². The van der Waals surface area contributed by atoms with Crippen molar-refractivity contribution in [3.05, 3.63) is 65.6 Å². The van der Waals surface area contributed by atoms with Crippen LogP contribution in [-0.2, 0) is 16.3 Å². The number of hydrogen-bond donors (Lipinski definition) is 1. The standard InChI is InChI=1S/C20H18FN3O2S2/c1-26-15-6-4-14(5-7-15)24-20(17-10-27-11-18(17)23-24)22-19(25)12-28-16-8-2-13(21)3-9-16/h2-9H,10-12H2,1H3,(H,22,25). The van der Waals surface area contributed by atoms with Crippen LogP contribution in [0.4, 0.5) is 10.2 Å². The smallest absolute Gasteiger partial charge is 0.235 e. The predicted molar refractivity (Wildman–Crippen MR) is 111 cm³/mol. The number of thioether (sulfide) groups is 2. The molecule has 2 heterocycles. The number of halogens is 1. The lowest BCUT2D eigenvalue weighted by molar-refractivity contribution is -0.113. The monoisotopic (exact) mass is 415 g/mol. The van der Waals surface area contributed by atoms with Gasteiger partial charge in [-0.25, -0.2) is 9.07 Å². The molecule has 0 radical (unpaired) electrons. The number of nitrogens with zero attached hydrogens (tertiary/aromatic N) is 2. The van der Waals surface area contributed by atoms with E-state index in [0.29, 0.717) is 0 Å². The summed E-state index contributed by atoms with van der Waals surface area (Å²) in [7, 11) is 1.62. The molecule has 144 valence electrons. The van der Waals surface area contributed by atoms with Gasteiger partial charge in [-0.2, -0.15) is 16.9 Å². The molecular weight excluding hydrogens is 397 g/mol. The summed E-state index contributed by atoms with van der Waals surface area (Å²) in [5, 5.41) is 7.71. The second kappa shape index (κ2) is 8.28. The summed E-state index contributed by atoms with van der Waals surface area (Å²) in [5.41, 5.74) is 2.94. The maximum atomic E-state index is 13.0. The molecule has 0 unspecified atom stereocenters. The fraction of sp³-hybridized carbons (Fsp3) is 0.200. The summed E-state index contributed by atoms with van der Waals surface area (Å²) in [5.74, 6) is 2.98. The second-order valence-electron chi connectivity index (χ2n) is 6.17. The number of anilines is 1. The van der Waals surface area contributed by atoms with Crippen molar-refractivity contribution in [2.75, 3.05) is 18.2 Å². The molecule has 1 N–H and O–H groups in total. The van der Waals surface area contributed by atoms with E-state index in [1.165, 1.54) is 23.9 Å². The highest BCUT2D eigenvalue weighted by Crippen LogP contribution is 2.36. The van der Waals surface area contributed by atoms with Gasteiger partial charge in [0, 0.05) is 22.0 Å². The highest BCUT2D eigenvalue weighted by molar-refractivity contribution is 8.00. The van der Waals surface area contributed by atoms with Crippen LogP contribution in [-0.4, -0.2) is 28.6 Å². The molecule has 1 aromatic heterocycles. The number of carbonyl (C=O) groups excluding carboxylic acids is 1. The Balaban J connectivity index is 1.53. The largest absolute Gasteiger partial charge is 0.497 e. The highest BCUT2D eigenvalue weighted by Gasteiger charge is 2.24. The van der Waals surface area contributed by atoms with Crippen LogP contribution < -0.4 is 10.1 Å². The number of aromatic nitrogens is 2. The van der Waals surface area contributed by atoms with E-state index < -0.39 is 0 Å². The Morgan fingerprint density at radius 2 is 1.96 bits per heavy atom. The lowest BCUT2D eigenvalue weighted by Crippen LogP contribution is -2.18. The molecule has 0 saturated heterocycles. The van der Waals surface area contributed by atoms with Gasteiger partial charge >= 0.3 is 0 Å². The van der Waals surface area contributed by atoms with Gasteiger partial charge in [-0.05, 0) is 48.5 Å². The maximum absolute atomic E-state index is 13.0. The Hall–Kier alpha value is -2.45. The predicted octanol–water partition coefficient (Wildman–Crippen LogP) is 4.50. The molecule has 0 bridgehead atoms. The van der Waals surface area contributed by atoms with E-state index in [1.807, 2.05) is 24.3 Å². The maximum Gasteiger partial charge on any atom is 0.235 e. The third-order valence-electron chi connectivity index (χ3n) is 4.31. The van der Waals surface area contributed by atoms with Gasteiger partial charge in [0.2, 0.25) is 5.91 Å². The molecule has 0 saturated carbocycles. The van der Waals surface area contributed by atoms with E-state index in [0.717, 1.165) is 44.9 Å². The molecule has 5 nitrogen and oxygen atoms in total. The van der Waals surface area contributed by atoms with Crippen LogP contribution in [0.1, 0.15) is 11.3 Å². The molecule has 1 aliphatic heterocycles. The van der Waals surface area contributed by atoms with Crippen LogP contribution in [0.25, 0.3) is 5.69 Å². The van der Waals surface area contributed by atoms with Gasteiger partial charge in [-0.3, -0.25) is 4.79 Å². The molecule has 8 heteroatoms. The molecule has 1 aliphatic rings. The first-order chi connectivity index (χ1) is 13.6. The Bertz CT molecular complexity index is 988. The summed E-state index contributed by atoms with van der Waals surface area (Å²) in [6, 6.07) is 13.7. The lowest BCUT2D eigenvalue weighted by atomic mass is 10.2. The average Bonchev–Trinajstić information content (AvgIpc) is 3.30. The summed E-state index contributed by atoms with van der Waals surface area (Å²) in [4.78, 5) is 13.4. The minimum absolute atomic E-state index is 0.122. The van der Waals surface area contributed by atoms with Crippen molar-refractivity contribution in [1.82, 2.24) is 9.78 Å². The van der Waals surface area contributed by atoms with E-state index in [9.17, 15) is 9.18 Å². The first kappa shape index (κ1) is 18.9. The summed E-state index contributed by atoms with van der Waals surface area (Å²) < 4.78 is 20.0. The lowest BCUT2D eigenvalue weighted by Gasteiger charge is -2.11. The van der Waals surface area contributed by atoms with E-state index in [4.69, 9.17) is 4.74 Å². The number of benzene rings is 2. The third-order valence-corrected chi connectivity index (χ3v) is 6.29. The minimum Gasteiger partial charge on any atom is -0.497 e. The van der Waals surface area contributed by atoms with Crippen molar-refractivity contribution in [1.29, 1.82) is 0 Å². The molecule has 0 fully saturated rings. The van der Waals surface area contributed by atoms with Crippen molar-refractivity contribution >= 4 is 35.2 Å². The van der Waals surface area contributed by atoms with Gasteiger partial charge in [0.15, 0.2) is 0 Å². The minimum atomic E-state index is -0.287. The average molecular weight is 416 g/mol. The van der Waals surface area contributed by atoms with Crippen molar-refractivity contribution in [3.63, 3.8) is 0 Å². The Morgan fingerprint density at radius 1 is 1.21 bits per heavy atom. The first-order valence-electron chi connectivity index (χ1n) is 8.65. The number of methoxy groups -OCH3 is 1. The Morgan fingerprint density at radius 3 is 2.68 bits per heavy atom. The highest BCUT2D eigenvalue weighted by atomic mass is 32.2. The zero-order valence-electron chi connectivity index (χ0n) is 15.1. The van der Waals surface area contributed by atoms with Gasteiger partial charge in [-0.15, -0.1) is 11.8 Å². The third kappa shape index (κ3) is 4.02. The summed E-state index contributed by atoms with van der Waals surface area (Å²) in [6.45, 7) is 0. The van der Waals surface area contributed by atoms with Gasteiger partial charge in [0.05, 0.1) is 24.2 Å². The number of amides is 1. The van der Waals surface area contributed by atoms with Crippen LogP contribution in [0.3, 0.4) is 0 Å². The molecule has 1 amide bonds. The van der Waals surface area contributed by atoms with Gasteiger partial charge in [0.25, 0.3) is 0 Å². The quantitative estimate of drug-likeness (QED) is 0.601. The zero-order chi connectivity index (χ0) is 19.5. The van der Waals surface area contributed by atoms with Crippen LogP contribution in [0.2, 0.25) is 0 Å². The van der Waals surface area contributed by atoms with Crippen molar-refractivity contribution in [2.45, 2.75) is 16.4 Å². The van der Waals surface area contributed by atoms with Crippen LogP contribution >= 0.6 is 23.5 Å². The Kier molecular flexibility index (Phi) is 5.59. The van der Waals surface area contributed by atoms with Gasteiger partial charge in [-0.1, -0.05) is 0 Å². The van der Waals surface area contributed by atoms with Crippen molar-refractivity contribution in [2.24, 2.45) is 0 Å². The van der Waals surface area contributed by atoms with Crippen LogP contribution in [0, 0.1) is 5.82 Å². The summed E-state index contributed by atoms with van der Waals surface area (Å²) in [6.07, 6.45) is 0. The molecule has 0 atom stereocenters. The fourth-order valence-electron chi connectivity index (χ4n) is 2.90. The Labute approximate surface area is 170 Å². The van der Waals surface area contributed by atoms with Gasteiger partial charge in [0.1, 0.15) is 17.4 Å². The van der Waals surface area contributed by atoms with Crippen LogP contribution in [0.15, 0.2) is 53.4 Å². The number of fused-ring (bicyclic) bond motifs is 1. The number of carbonyl (C=O) groups is 1. The molecule has 0 spiro atoms. The normalized spacial score (nSPS) is 12.6. The number of hydrogen-bond acceptors (Lipinski definition) is 5. The molecular formula is C20H18FN3O2S2. The fourth-order valence-corrected chi connectivity index (χ4v) is 4.63.